The second kappa shape index (κ2) is 10.3. The van der Waals surface area contributed by atoms with E-state index in [1.54, 1.807) is 0 Å². The van der Waals surface area contributed by atoms with Crippen molar-refractivity contribution in [3.05, 3.63) is 0 Å². The number of nitrogens with one attached hydrogen (secondary N) is 1. The molecule has 0 saturated carbocycles. The fraction of sp³-hybridized carbons (Fsp3) is 0.929. The Morgan fingerprint density at radius 1 is 1.17 bits per heavy atom. The van der Waals surface area contributed by atoms with Gasteiger partial charge < -0.3 is 10.1 Å². The zero-order valence-electron chi connectivity index (χ0n) is 11.7. The van der Waals surface area contributed by atoms with Gasteiger partial charge in [0, 0.05) is 13.1 Å². The third kappa shape index (κ3) is 7.67. The number of ether oxygens (including phenoxy) is 1. The highest BCUT2D eigenvalue weighted by molar-refractivity contribution is 5.71. The average molecular weight is 256 g/mol. The molecular weight excluding hydrogens is 228 g/mol. The van der Waals surface area contributed by atoms with Gasteiger partial charge in [0.15, 0.2) is 0 Å². The van der Waals surface area contributed by atoms with Crippen LogP contribution in [0.25, 0.3) is 0 Å². The molecule has 1 aliphatic heterocycles. The van der Waals surface area contributed by atoms with Crippen LogP contribution in [-0.2, 0) is 9.53 Å². The van der Waals surface area contributed by atoms with E-state index in [1.807, 2.05) is 0 Å². The molecule has 1 heterocycles. The molecule has 1 rings (SSSR count). The van der Waals surface area contributed by atoms with Crippen LogP contribution in [0.3, 0.4) is 0 Å². The Morgan fingerprint density at radius 2 is 2.00 bits per heavy atom. The molecule has 0 aromatic rings. The molecule has 4 heteroatoms. The molecule has 0 radical (unpaired) electrons. The SMILES string of the molecule is CCCCCCCOC(=O)CN1CCCNCC1. The van der Waals surface area contributed by atoms with Crippen LogP contribution in [0.1, 0.15) is 45.4 Å². The van der Waals surface area contributed by atoms with E-state index in [1.165, 1.54) is 25.7 Å². The molecule has 4 nitrogen and oxygen atoms in total. The number of esters is 1. The minimum atomic E-state index is -0.0626. The van der Waals surface area contributed by atoms with Gasteiger partial charge in [0.2, 0.25) is 0 Å². The fourth-order valence-electron chi connectivity index (χ4n) is 2.18. The maximum Gasteiger partial charge on any atom is 0.320 e. The standard InChI is InChI=1S/C14H28N2O2/c1-2-3-4-5-6-12-18-14(17)13-16-10-7-8-15-9-11-16/h15H,2-13H2,1H3. The van der Waals surface area contributed by atoms with E-state index in [9.17, 15) is 4.79 Å². The fourth-order valence-corrected chi connectivity index (χ4v) is 2.18. The van der Waals surface area contributed by atoms with Crippen molar-refractivity contribution in [1.82, 2.24) is 10.2 Å². The maximum atomic E-state index is 11.6. The average Bonchev–Trinajstić information content (AvgIpc) is 2.62. The summed E-state index contributed by atoms with van der Waals surface area (Å²) in [6.45, 7) is 7.23. The third-order valence-corrected chi connectivity index (χ3v) is 3.30. The highest BCUT2D eigenvalue weighted by Crippen LogP contribution is 2.03. The summed E-state index contributed by atoms with van der Waals surface area (Å²) in [5.41, 5.74) is 0. The summed E-state index contributed by atoms with van der Waals surface area (Å²) in [4.78, 5) is 13.8. The summed E-state index contributed by atoms with van der Waals surface area (Å²) >= 11 is 0. The Morgan fingerprint density at radius 3 is 2.83 bits per heavy atom. The number of unbranched alkanes of at least 4 members (excludes halogenated alkanes) is 4. The Bertz CT molecular complexity index is 214. The Labute approximate surface area is 111 Å². The number of rotatable bonds is 8. The Hall–Kier alpha value is -0.610. The molecule has 0 amide bonds. The predicted molar refractivity (Wildman–Crippen MR) is 73.6 cm³/mol. The van der Waals surface area contributed by atoms with Gasteiger partial charge >= 0.3 is 5.97 Å². The van der Waals surface area contributed by atoms with E-state index in [0.717, 1.165) is 39.0 Å². The Kier molecular flexibility index (Phi) is 8.86. The molecular formula is C14H28N2O2. The molecule has 0 unspecified atom stereocenters. The quantitative estimate of drug-likeness (QED) is 0.531. The number of carbonyl (C=O) groups excluding carboxylic acids is 1. The third-order valence-electron chi connectivity index (χ3n) is 3.30. The van der Waals surface area contributed by atoms with Gasteiger partial charge in [-0.25, -0.2) is 0 Å². The van der Waals surface area contributed by atoms with Gasteiger partial charge in [0.05, 0.1) is 13.2 Å². The van der Waals surface area contributed by atoms with Crippen LogP contribution in [0, 0.1) is 0 Å². The van der Waals surface area contributed by atoms with Crippen molar-refractivity contribution >= 4 is 5.97 Å². The van der Waals surface area contributed by atoms with Crippen molar-refractivity contribution in [2.24, 2.45) is 0 Å². The molecule has 0 bridgehead atoms. The van der Waals surface area contributed by atoms with Crippen LogP contribution in [0.2, 0.25) is 0 Å². The molecule has 1 N–H and O–H groups in total. The predicted octanol–water partition coefficient (Wildman–Crippen LogP) is 1.80. The lowest BCUT2D eigenvalue weighted by Crippen LogP contribution is -2.34. The lowest BCUT2D eigenvalue weighted by atomic mass is 10.2. The maximum absolute atomic E-state index is 11.6. The number of hydrogen-bond donors (Lipinski definition) is 1. The minimum absolute atomic E-state index is 0.0626. The lowest BCUT2D eigenvalue weighted by Gasteiger charge is -2.18. The topological polar surface area (TPSA) is 41.6 Å². The number of hydrogen-bond acceptors (Lipinski definition) is 4. The van der Waals surface area contributed by atoms with Crippen LogP contribution in [0.15, 0.2) is 0 Å². The largest absolute Gasteiger partial charge is 0.465 e. The van der Waals surface area contributed by atoms with E-state index in [0.29, 0.717) is 13.2 Å². The molecule has 0 spiro atoms. The first kappa shape index (κ1) is 15.4. The highest BCUT2D eigenvalue weighted by atomic mass is 16.5. The summed E-state index contributed by atoms with van der Waals surface area (Å²) < 4.78 is 5.26. The molecule has 18 heavy (non-hydrogen) atoms. The van der Waals surface area contributed by atoms with Crippen molar-refractivity contribution in [2.45, 2.75) is 45.4 Å². The first-order valence-electron chi connectivity index (χ1n) is 7.41. The van der Waals surface area contributed by atoms with Gasteiger partial charge in [-0.15, -0.1) is 0 Å². The molecule has 1 fully saturated rings. The first-order valence-corrected chi connectivity index (χ1v) is 7.41. The van der Waals surface area contributed by atoms with Gasteiger partial charge in [-0.1, -0.05) is 32.6 Å². The summed E-state index contributed by atoms with van der Waals surface area (Å²) in [5, 5.41) is 3.33. The van der Waals surface area contributed by atoms with Gasteiger partial charge in [-0.05, 0) is 25.9 Å². The normalized spacial score (nSPS) is 17.4. The van der Waals surface area contributed by atoms with Crippen molar-refractivity contribution in [3.8, 4) is 0 Å². The van der Waals surface area contributed by atoms with Gasteiger partial charge in [0.1, 0.15) is 0 Å². The van der Waals surface area contributed by atoms with Crippen LogP contribution in [0.5, 0.6) is 0 Å². The highest BCUT2D eigenvalue weighted by Gasteiger charge is 2.13. The second-order valence-electron chi connectivity index (χ2n) is 5.01. The van der Waals surface area contributed by atoms with Gasteiger partial charge in [-0.3, -0.25) is 9.69 Å². The van der Waals surface area contributed by atoms with Gasteiger partial charge in [0.25, 0.3) is 0 Å². The van der Waals surface area contributed by atoms with Crippen molar-refractivity contribution in [2.75, 3.05) is 39.3 Å². The summed E-state index contributed by atoms with van der Waals surface area (Å²) in [6, 6.07) is 0. The van der Waals surface area contributed by atoms with E-state index in [2.05, 4.69) is 17.1 Å². The zero-order chi connectivity index (χ0) is 13.1. The number of nitrogens with zero attached hydrogens (tertiary/aromatic N) is 1. The van der Waals surface area contributed by atoms with Crippen LogP contribution >= 0.6 is 0 Å². The van der Waals surface area contributed by atoms with Crippen LogP contribution in [0.4, 0.5) is 0 Å². The minimum Gasteiger partial charge on any atom is -0.465 e. The lowest BCUT2D eigenvalue weighted by molar-refractivity contribution is -0.145. The van der Waals surface area contributed by atoms with E-state index in [-0.39, 0.29) is 5.97 Å². The molecule has 1 aliphatic rings. The van der Waals surface area contributed by atoms with Crippen molar-refractivity contribution < 1.29 is 9.53 Å². The molecule has 106 valence electrons. The summed E-state index contributed by atoms with van der Waals surface area (Å²) in [7, 11) is 0. The van der Waals surface area contributed by atoms with Crippen molar-refractivity contribution in [3.63, 3.8) is 0 Å². The van der Waals surface area contributed by atoms with Crippen LogP contribution < -0.4 is 5.32 Å². The number of carbonyl (C=O) groups is 1. The van der Waals surface area contributed by atoms with Crippen molar-refractivity contribution in [1.29, 1.82) is 0 Å². The van der Waals surface area contributed by atoms with Crippen LogP contribution in [-0.4, -0.2) is 50.2 Å². The van der Waals surface area contributed by atoms with Gasteiger partial charge in [-0.2, -0.15) is 0 Å². The van der Waals surface area contributed by atoms with E-state index < -0.39 is 0 Å². The molecule has 0 aliphatic carbocycles. The summed E-state index contributed by atoms with van der Waals surface area (Å²) in [6.07, 6.45) is 7.09. The molecule has 0 atom stereocenters. The Balaban J connectivity index is 1.98. The zero-order valence-corrected chi connectivity index (χ0v) is 11.7. The molecule has 1 saturated heterocycles. The molecule has 0 aromatic heterocycles. The van der Waals surface area contributed by atoms with E-state index >= 15 is 0 Å². The molecule has 0 aromatic carbocycles. The second-order valence-corrected chi connectivity index (χ2v) is 5.01. The summed E-state index contributed by atoms with van der Waals surface area (Å²) in [5.74, 6) is -0.0626. The van der Waals surface area contributed by atoms with E-state index in [4.69, 9.17) is 4.74 Å². The first-order chi connectivity index (χ1) is 8.83. The monoisotopic (exact) mass is 256 g/mol. The smallest absolute Gasteiger partial charge is 0.320 e.